The number of β-amino-alcohol motifs (C(OH)–C–C–N with tert-alkyl or cyclic N) is 1. The van der Waals surface area contributed by atoms with Crippen LogP contribution in [0.5, 0.6) is 5.75 Å². The zero-order chi connectivity index (χ0) is 14.8. The molecule has 1 N–H and O–H groups in total. The van der Waals surface area contributed by atoms with Crippen molar-refractivity contribution in [3.8, 4) is 5.75 Å². The summed E-state index contributed by atoms with van der Waals surface area (Å²) >= 11 is 0. The van der Waals surface area contributed by atoms with Crippen LogP contribution in [0.2, 0.25) is 0 Å². The summed E-state index contributed by atoms with van der Waals surface area (Å²) in [7, 11) is 0. The molecule has 1 amide bonds. The first-order chi connectivity index (χ1) is 9.46. The van der Waals surface area contributed by atoms with Crippen molar-refractivity contribution in [3.05, 3.63) is 30.3 Å². The maximum Gasteiger partial charge on any atom is 0.263 e. The molecule has 1 saturated heterocycles. The van der Waals surface area contributed by atoms with E-state index in [0.29, 0.717) is 25.3 Å². The van der Waals surface area contributed by atoms with Gasteiger partial charge in [0.25, 0.3) is 5.91 Å². The van der Waals surface area contributed by atoms with Crippen molar-refractivity contribution in [1.82, 2.24) is 4.90 Å². The van der Waals surface area contributed by atoms with E-state index in [0.717, 1.165) is 0 Å². The molecule has 0 saturated carbocycles. The molecule has 2 rings (SSSR count). The van der Waals surface area contributed by atoms with Gasteiger partial charge in [0.15, 0.2) is 6.10 Å². The predicted octanol–water partition coefficient (Wildman–Crippen LogP) is 2.07. The van der Waals surface area contributed by atoms with Gasteiger partial charge in [0.1, 0.15) is 11.4 Å². The Hall–Kier alpha value is -1.55. The maximum atomic E-state index is 12.4. The first kappa shape index (κ1) is 14.9. The number of benzene rings is 1. The minimum absolute atomic E-state index is 0.0401. The first-order valence-corrected chi connectivity index (χ1v) is 7.19. The molecule has 0 bridgehead atoms. The Bertz CT molecular complexity index is 452. The highest BCUT2D eigenvalue weighted by atomic mass is 16.5. The lowest BCUT2D eigenvalue weighted by Gasteiger charge is -2.49. The molecule has 1 unspecified atom stereocenters. The van der Waals surface area contributed by atoms with Crippen molar-refractivity contribution >= 4 is 5.91 Å². The molecule has 1 aliphatic rings. The molecule has 0 aliphatic carbocycles. The van der Waals surface area contributed by atoms with E-state index in [1.807, 2.05) is 51.1 Å². The van der Waals surface area contributed by atoms with Crippen LogP contribution in [0.25, 0.3) is 0 Å². The molecule has 1 fully saturated rings. The lowest BCUT2D eigenvalue weighted by Crippen LogP contribution is -2.67. The highest BCUT2D eigenvalue weighted by Gasteiger charge is 2.47. The van der Waals surface area contributed by atoms with Crippen LogP contribution in [-0.2, 0) is 4.79 Å². The molecule has 110 valence electrons. The first-order valence-electron chi connectivity index (χ1n) is 7.19. The van der Waals surface area contributed by atoms with Crippen LogP contribution in [0.1, 0.15) is 27.2 Å². The molecule has 1 aliphatic heterocycles. The molecular weight excluding hydrogens is 254 g/mol. The molecule has 1 aromatic rings. The Morgan fingerprint density at radius 1 is 1.35 bits per heavy atom. The minimum atomic E-state index is -0.735. The number of ether oxygens (including phenoxy) is 1. The molecule has 4 nitrogen and oxygen atoms in total. The summed E-state index contributed by atoms with van der Waals surface area (Å²) in [5.41, 5.74) is -0.735. The van der Waals surface area contributed by atoms with Crippen LogP contribution in [0.4, 0.5) is 0 Å². The Labute approximate surface area is 120 Å². The van der Waals surface area contributed by atoms with Crippen LogP contribution in [0, 0.1) is 5.92 Å². The zero-order valence-corrected chi connectivity index (χ0v) is 12.4. The lowest BCUT2D eigenvalue weighted by atomic mass is 9.82. The summed E-state index contributed by atoms with van der Waals surface area (Å²) in [5.74, 6) is 0.815. The number of para-hydroxylation sites is 1. The summed E-state index contributed by atoms with van der Waals surface area (Å²) in [6, 6.07) is 9.36. The second-order valence-electron chi connectivity index (χ2n) is 5.78. The van der Waals surface area contributed by atoms with Gasteiger partial charge in [0.2, 0.25) is 0 Å². The second kappa shape index (κ2) is 5.83. The van der Waals surface area contributed by atoms with Crippen LogP contribution in [-0.4, -0.2) is 40.7 Å². The lowest BCUT2D eigenvalue weighted by molar-refractivity contribution is -0.170. The molecule has 0 aromatic heterocycles. The molecule has 1 heterocycles. The van der Waals surface area contributed by atoms with E-state index in [9.17, 15) is 9.90 Å². The molecule has 1 aromatic carbocycles. The molecule has 0 radical (unpaired) electrons. The number of hydrogen-bond acceptors (Lipinski definition) is 3. The zero-order valence-electron chi connectivity index (χ0n) is 12.4. The number of likely N-dealkylation sites (tertiary alicyclic amines) is 1. The summed E-state index contributed by atoms with van der Waals surface area (Å²) in [6.07, 6.45) is 0.138. The SMILES string of the molecule is CCC(Oc1ccccc1)C(=O)N1CC(O)(C(C)C)C1. The number of aliphatic hydroxyl groups is 1. The van der Waals surface area contributed by atoms with Gasteiger partial charge < -0.3 is 14.7 Å². The quantitative estimate of drug-likeness (QED) is 0.896. The Morgan fingerprint density at radius 3 is 2.45 bits per heavy atom. The largest absolute Gasteiger partial charge is 0.481 e. The van der Waals surface area contributed by atoms with Crippen molar-refractivity contribution < 1.29 is 14.6 Å². The van der Waals surface area contributed by atoms with E-state index in [-0.39, 0.29) is 11.8 Å². The number of amides is 1. The van der Waals surface area contributed by atoms with E-state index < -0.39 is 11.7 Å². The van der Waals surface area contributed by atoms with Crippen LogP contribution in [0.3, 0.4) is 0 Å². The molecular formula is C16H23NO3. The van der Waals surface area contributed by atoms with Gasteiger partial charge in [-0.1, -0.05) is 39.0 Å². The number of carbonyl (C=O) groups is 1. The van der Waals surface area contributed by atoms with E-state index in [2.05, 4.69) is 0 Å². The molecule has 1 atom stereocenters. The van der Waals surface area contributed by atoms with Crippen molar-refractivity contribution in [3.63, 3.8) is 0 Å². The summed E-state index contributed by atoms with van der Waals surface area (Å²) in [6.45, 7) is 6.68. The highest BCUT2D eigenvalue weighted by molar-refractivity contribution is 5.82. The van der Waals surface area contributed by atoms with Gasteiger partial charge in [-0.05, 0) is 24.5 Å². The number of carbonyl (C=O) groups excluding carboxylic acids is 1. The average Bonchev–Trinajstić information content (AvgIpc) is 2.41. The number of hydrogen-bond donors (Lipinski definition) is 1. The van der Waals surface area contributed by atoms with Gasteiger partial charge in [-0.15, -0.1) is 0 Å². The van der Waals surface area contributed by atoms with Gasteiger partial charge in [-0.25, -0.2) is 0 Å². The van der Waals surface area contributed by atoms with E-state index in [1.54, 1.807) is 4.90 Å². The van der Waals surface area contributed by atoms with Gasteiger partial charge in [0, 0.05) is 0 Å². The van der Waals surface area contributed by atoms with Crippen molar-refractivity contribution in [2.45, 2.75) is 38.9 Å². The number of nitrogens with zero attached hydrogens (tertiary/aromatic N) is 1. The van der Waals surface area contributed by atoms with Crippen LogP contribution < -0.4 is 4.74 Å². The van der Waals surface area contributed by atoms with Crippen LogP contribution in [0.15, 0.2) is 30.3 Å². The fraction of sp³-hybridized carbons (Fsp3) is 0.562. The van der Waals surface area contributed by atoms with E-state index in [4.69, 9.17) is 4.74 Å². The van der Waals surface area contributed by atoms with Crippen molar-refractivity contribution in [2.75, 3.05) is 13.1 Å². The van der Waals surface area contributed by atoms with Gasteiger partial charge >= 0.3 is 0 Å². The van der Waals surface area contributed by atoms with Crippen molar-refractivity contribution in [1.29, 1.82) is 0 Å². The van der Waals surface area contributed by atoms with Crippen LogP contribution >= 0.6 is 0 Å². The predicted molar refractivity (Wildman–Crippen MR) is 77.5 cm³/mol. The summed E-state index contributed by atoms with van der Waals surface area (Å²) < 4.78 is 5.74. The van der Waals surface area contributed by atoms with Gasteiger partial charge in [0.05, 0.1) is 13.1 Å². The second-order valence-corrected chi connectivity index (χ2v) is 5.78. The van der Waals surface area contributed by atoms with Gasteiger partial charge in [-0.2, -0.15) is 0 Å². The topological polar surface area (TPSA) is 49.8 Å². The average molecular weight is 277 g/mol. The Balaban J connectivity index is 1.94. The molecule has 20 heavy (non-hydrogen) atoms. The van der Waals surface area contributed by atoms with E-state index >= 15 is 0 Å². The fourth-order valence-corrected chi connectivity index (χ4v) is 2.31. The highest BCUT2D eigenvalue weighted by Crippen LogP contribution is 2.29. The Kier molecular flexibility index (Phi) is 4.33. The standard InChI is InChI=1S/C16H23NO3/c1-4-14(20-13-8-6-5-7-9-13)15(18)17-10-16(19,11-17)12(2)3/h5-9,12,14,19H,4,10-11H2,1-3H3. The third kappa shape index (κ3) is 2.96. The third-order valence-corrected chi connectivity index (χ3v) is 3.98. The number of rotatable bonds is 5. The monoisotopic (exact) mass is 277 g/mol. The summed E-state index contributed by atoms with van der Waals surface area (Å²) in [5, 5.41) is 10.2. The maximum absolute atomic E-state index is 12.4. The molecule has 0 spiro atoms. The van der Waals surface area contributed by atoms with E-state index in [1.165, 1.54) is 0 Å². The third-order valence-electron chi connectivity index (χ3n) is 3.98. The van der Waals surface area contributed by atoms with Crippen molar-refractivity contribution in [2.24, 2.45) is 5.92 Å². The fourth-order valence-electron chi connectivity index (χ4n) is 2.31. The normalized spacial score (nSPS) is 18.6. The smallest absolute Gasteiger partial charge is 0.263 e. The minimum Gasteiger partial charge on any atom is -0.481 e. The van der Waals surface area contributed by atoms with Gasteiger partial charge in [-0.3, -0.25) is 4.79 Å². The molecule has 4 heteroatoms. The summed E-state index contributed by atoms with van der Waals surface area (Å²) in [4.78, 5) is 14.0. The Morgan fingerprint density at radius 2 is 1.95 bits per heavy atom.